The molecule has 1 N–H and O–H groups in total. The summed E-state index contributed by atoms with van der Waals surface area (Å²) in [5.74, 6) is -1.10. The van der Waals surface area contributed by atoms with Gasteiger partial charge in [-0.3, -0.25) is 4.98 Å². The minimum Gasteiger partial charge on any atom is -0.597 e. The van der Waals surface area contributed by atoms with Gasteiger partial charge in [0.25, 0.3) is 8.32 Å². The highest BCUT2D eigenvalue weighted by Crippen LogP contribution is 2.46. The monoisotopic (exact) mass is 703 g/mol. The van der Waals surface area contributed by atoms with Crippen LogP contribution in [0.2, 0.25) is 5.04 Å². The molecule has 0 aliphatic carbocycles. The number of hydrogen-bond acceptors (Lipinski definition) is 6. The molecule has 7 nitrogen and oxygen atoms in total. The van der Waals surface area contributed by atoms with E-state index in [1.54, 1.807) is 12.3 Å². The number of fused-ring (bicyclic) bond motifs is 1. The van der Waals surface area contributed by atoms with E-state index >= 15 is 0 Å². The number of carbonyl (C=O) groups is 1. The number of benzene rings is 3. The molecule has 2 unspecified atom stereocenters. The molecule has 0 spiro atoms. The second-order valence-corrected chi connectivity index (χ2v) is 21.3. The topological polar surface area (TPSA) is 98.6 Å². The maximum atomic E-state index is 14.3. The number of aromatic carboxylic acids is 1. The van der Waals surface area contributed by atoms with Gasteiger partial charge in [-0.2, -0.15) is 0 Å². The summed E-state index contributed by atoms with van der Waals surface area (Å²) in [7, 11) is -2.84. The molecule has 50 heavy (non-hydrogen) atoms. The van der Waals surface area contributed by atoms with Crippen LogP contribution in [0.25, 0.3) is 22.4 Å². The molecule has 258 valence electrons. The lowest BCUT2D eigenvalue weighted by Crippen LogP contribution is -2.66. The van der Waals surface area contributed by atoms with Crippen LogP contribution in [0, 0.1) is 0 Å². The van der Waals surface area contributed by atoms with Gasteiger partial charge in [-0.25, -0.2) is 9.78 Å². The van der Waals surface area contributed by atoms with Gasteiger partial charge in [0.05, 0.1) is 18.3 Å². The van der Waals surface area contributed by atoms with E-state index in [9.17, 15) is 14.5 Å². The van der Waals surface area contributed by atoms with E-state index in [1.165, 1.54) is 10.4 Å². The molecule has 3 aromatic carbocycles. The van der Waals surface area contributed by atoms with Gasteiger partial charge in [-0.05, 0) is 71.9 Å². The van der Waals surface area contributed by atoms with Crippen LogP contribution in [0.5, 0.6) is 0 Å². The Bertz CT molecular complexity index is 1910. The van der Waals surface area contributed by atoms with E-state index in [0.29, 0.717) is 25.3 Å². The Balaban J connectivity index is 1.46. The summed E-state index contributed by atoms with van der Waals surface area (Å²) >= 11 is -1.39. The van der Waals surface area contributed by atoms with Crippen molar-refractivity contribution in [1.29, 1.82) is 0 Å². The molecule has 0 fully saturated rings. The SMILES string of the molecule is CC(C)(C)[S+]([O-])N1Cc2cc(C(=O)O)nc(-c3cccc(-c4cccnc4)c3)c2C1CCO[Si](c1ccccc1)(c1ccccc1)C(C)(C)C. The first-order valence-electron chi connectivity index (χ1n) is 17.0. The number of nitrogens with zero attached hydrogens (tertiary/aromatic N) is 3. The van der Waals surface area contributed by atoms with Crippen LogP contribution in [0.3, 0.4) is 0 Å². The average Bonchev–Trinajstić information content (AvgIpc) is 3.47. The second-order valence-electron chi connectivity index (χ2n) is 14.8. The molecule has 0 radical (unpaired) electrons. The van der Waals surface area contributed by atoms with Gasteiger partial charge in [0.15, 0.2) is 0 Å². The highest BCUT2D eigenvalue weighted by atomic mass is 32.2. The van der Waals surface area contributed by atoms with Crippen molar-refractivity contribution >= 4 is 36.0 Å². The Kier molecular flexibility index (Phi) is 10.2. The summed E-state index contributed by atoms with van der Waals surface area (Å²) in [5.41, 5.74) is 4.99. The minimum absolute atomic E-state index is 0.0313. The summed E-state index contributed by atoms with van der Waals surface area (Å²) in [6.07, 6.45) is 4.09. The summed E-state index contributed by atoms with van der Waals surface area (Å²) in [6, 6.07) is 34.3. The fourth-order valence-corrected chi connectivity index (χ4v) is 13.1. The number of carboxylic acid groups (broad SMARTS) is 1. The fourth-order valence-electron chi connectivity index (χ4n) is 7.14. The van der Waals surface area contributed by atoms with Crippen molar-refractivity contribution in [3.05, 3.63) is 132 Å². The predicted molar refractivity (Wildman–Crippen MR) is 204 cm³/mol. The van der Waals surface area contributed by atoms with Crippen molar-refractivity contribution < 1.29 is 18.9 Å². The summed E-state index contributed by atoms with van der Waals surface area (Å²) < 4.78 is 23.1. The molecule has 0 saturated carbocycles. The number of pyridine rings is 2. The maximum Gasteiger partial charge on any atom is 0.354 e. The molecular formula is C41H45N3O4SSi. The van der Waals surface area contributed by atoms with E-state index in [2.05, 4.69) is 74.3 Å². The third kappa shape index (κ3) is 6.93. The molecule has 1 aliphatic heterocycles. The van der Waals surface area contributed by atoms with Crippen molar-refractivity contribution in [3.8, 4) is 22.4 Å². The van der Waals surface area contributed by atoms with Gasteiger partial charge in [0.1, 0.15) is 10.4 Å². The average molecular weight is 704 g/mol. The normalized spacial score (nSPS) is 15.9. The van der Waals surface area contributed by atoms with Gasteiger partial charge >= 0.3 is 5.97 Å². The Morgan fingerprint density at radius 2 is 1.50 bits per heavy atom. The first kappa shape index (κ1) is 35.7. The van der Waals surface area contributed by atoms with Gasteiger partial charge in [0, 0.05) is 47.1 Å². The van der Waals surface area contributed by atoms with Crippen molar-refractivity contribution in [3.63, 3.8) is 0 Å². The Hall–Kier alpha value is -4.12. The van der Waals surface area contributed by atoms with Crippen LogP contribution in [0.15, 0.2) is 116 Å². The zero-order valence-electron chi connectivity index (χ0n) is 29.6. The van der Waals surface area contributed by atoms with E-state index in [4.69, 9.17) is 9.41 Å². The highest BCUT2D eigenvalue weighted by molar-refractivity contribution is 7.90. The van der Waals surface area contributed by atoms with Crippen LogP contribution >= 0.6 is 0 Å². The number of aromatic nitrogens is 2. The van der Waals surface area contributed by atoms with Gasteiger partial charge in [-0.15, -0.1) is 4.31 Å². The molecular weight excluding hydrogens is 659 g/mol. The number of hydrogen-bond donors (Lipinski definition) is 1. The maximum absolute atomic E-state index is 14.3. The van der Waals surface area contributed by atoms with E-state index in [1.807, 2.05) is 79.8 Å². The lowest BCUT2D eigenvalue weighted by molar-refractivity contribution is 0.0690. The zero-order chi connectivity index (χ0) is 35.7. The van der Waals surface area contributed by atoms with Crippen LogP contribution < -0.4 is 10.4 Å². The molecule has 3 heterocycles. The molecule has 1 aliphatic rings. The second kappa shape index (κ2) is 14.2. The van der Waals surface area contributed by atoms with Crippen molar-refractivity contribution in [1.82, 2.24) is 14.3 Å². The van der Waals surface area contributed by atoms with Gasteiger partial charge in [-0.1, -0.05) is 106 Å². The summed E-state index contributed by atoms with van der Waals surface area (Å²) in [6.45, 7) is 13.5. The van der Waals surface area contributed by atoms with E-state index < -0.39 is 30.4 Å². The minimum atomic E-state index is -2.84. The van der Waals surface area contributed by atoms with Crippen LogP contribution in [0.1, 0.15) is 75.6 Å². The fraction of sp³-hybridized carbons (Fsp3) is 0.293. The molecule has 0 amide bonds. The van der Waals surface area contributed by atoms with Gasteiger partial charge in [0.2, 0.25) is 0 Å². The van der Waals surface area contributed by atoms with Crippen molar-refractivity contribution in [2.24, 2.45) is 0 Å². The predicted octanol–water partition coefficient (Wildman–Crippen LogP) is 7.79. The molecule has 6 rings (SSSR count). The molecule has 2 aromatic heterocycles. The third-order valence-electron chi connectivity index (χ3n) is 9.36. The van der Waals surface area contributed by atoms with Crippen molar-refractivity contribution in [2.45, 2.75) is 70.3 Å². The highest BCUT2D eigenvalue weighted by Gasteiger charge is 2.51. The van der Waals surface area contributed by atoms with Crippen LogP contribution in [-0.4, -0.2) is 49.6 Å². The Labute approximate surface area is 299 Å². The number of rotatable bonds is 10. The Morgan fingerprint density at radius 1 is 0.880 bits per heavy atom. The van der Waals surface area contributed by atoms with E-state index in [0.717, 1.165) is 27.8 Å². The molecule has 9 heteroatoms. The lowest BCUT2D eigenvalue weighted by Gasteiger charge is -2.43. The quantitative estimate of drug-likeness (QED) is 0.117. The Morgan fingerprint density at radius 3 is 2.06 bits per heavy atom. The van der Waals surface area contributed by atoms with Crippen LogP contribution in [0.4, 0.5) is 0 Å². The summed E-state index contributed by atoms with van der Waals surface area (Å²) in [4.78, 5) is 21.5. The molecule has 0 saturated heterocycles. The van der Waals surface area contributed by atoms with Gasteiger partial charge < -0.3 is 14.1 Å². The zero-order valence-corrected chi connectivity index (χ0v) is 31.4. The van der Waals surface area contributed by atoms with E-state index in [-0.39, 0.29) is 16.8 Å². The third-order valence-corrected chi connectivity index (χ3v) is 16.3. The number of carboxylic acids is 1. The lowest BCUT2D eigenvalue weighted by atomic mass is 9.94. The first-order chi connectivity index (χ1) is 23.8. The summed E-state index contributed by atoms with van der Waals surface area (Å²) in [5, 5.41) is 12.3. The molecule has 5 aromatic rings. The first-order valence-corrected chi connectivity index (χ1v) is 20.0. The smallest absolute Gasteiger partial charge is 0.354 e. The largest absolute Gasteiger partial charge is 0.597 e. The van der Waals surface area contributed by atoms with Crippen LogP contribution in [-0.2, 0) is 22.3 Å². The van der Waals surface area contributed by atoms with Crippen molar-refractivity contribution in [2.75, 3.05) is 6.61 Å². The molecule has 2 atom stereocenters. The standard InChI is InChI=1S/C41H45N3O4SSi/c1-40(2,3)49(47)44-28-32-26-35(39(45)46)43-38(30-16-13-15-29(25-30)31-17-14-23-42-27-31)37(32)36(44)22-24-48-50(41(4,5)6,33-18-9-7-10-19-33)34-20-11-8-12-21-34/h7-21,23,25-27,36H,22,24,28H2,1-6H3,(H,45,46). The molecule has 0 bridgehead atoms.